The van der Waals surface area contributed by atoms with Crippen LogP contribution in [0.3, 0.4) is 0 Å². The molecular formula is C16H20N4O4. The van der Waals surface area contributed by atoms with Crippen molar-refractivity contribution in [2.24, 2.45) is 5.92 Å². The summed E-state index contributed by atoms with van der Waals surface area (Å²) >= 11 is 0. The third kappa shape index (κ3) is 5.21. The maximum Gasteiger partial charge on any atom is 0.269 e. The number of carbonyl (C=O) groups excluding carboxylic acids is 1. The molecule has 0 radical (unpaired) electrons. The lowest BCUT2D eigenvalue weighted by Gasteiger charge is -2.16. The highest BCUT2D eigenvalue weighted by Gasteiger charge is 2.26. The van der Waals surface area contributed by atoms with Crippen LogP contribution in [0.4, 0.5) is 11.4 Å². The molecule has 24 heavy (non-hydrogen) atoms. The van der Waals surface area contributed by atoms with Gasteiger partial charge in [-0.3, -0.25) is 14.9 Å². The summed E-state index contributed by atoms with van der Waals surface area (Å²) in [4.78, 5) is 22.0. The highest BCUT2D eigenvalue weighted by molar-refractivity contribution is 5.76. The number of ether oxygens (including phenoxy) is 1. The van der Waals surface area contributed by atoms with Gasteiger partial charge in [0.25, 0.3) is 5.69 Å². The van der Waals surface area contributed by atoms with E-state index in [-0.39, 0.29) is 17.5 Å². The summed E-state index contributed by atoms with van der Waals surface area (Å²) in [5, 5.41) is 25.5. The van der Waals surface area contributed by atoms with Crippen molar-refractivity contribution in [3.05, 3.63) is 34.4 Å². The van der Waals surface area contributed by atoms with E-state index in [1.165, 1.54) is 12.1 Å². The van der Waals surface area contributed by atoms with Crippen molar-refractivity contribution in [3.63, 3.8) is 0 Å². The van der Waals surface area contributed by atoms with Gasteiger partial charge in [0, 0.05) is 43.3 Å². The van der Waals surface area contributed by atoms with Crippen LogP contribution in [0.1, 0.15) is 19.3 Å². The van der Waals surface area contributed by atoms with Gasteiger partial charge in [0.05, 0.1) is 17.6 Å². The fourth-order valence-corrected chi connectivity index (χ4v) is 2.50. The molecule has 1 fully saturated rings. The van der Waals surface area contributed by atoms with Crippen molar-refractivity contribution < 1.29 is 14.5 Å². The number of carbonyl (C=O) groups is 1. The van der Waals surface area contributed by atoms with Crippen LogP contribution >= 0.6 is 0 Å². The minimum atomic E-state index is -0.498. The molecule has 1 aromatic rings. The number of rotatable bonds is 8. The molecule has 0 spiro atoms. The quantitative estimate of drug-likeness (QED) is 0.426. The number of nitriles is 1. The first-order valence-electron chi connectivity index (χ1n) is 7.85. The zero-order chi connectivity index (χ0) is 17.4. The van der Waals surface area contributed by atoms with Crippen LogP contribution in [0.15, 0.2) is 24.3 Å². The predicted octanol–water partition coefficient (Wildman–Crippen LogP) is 1.83. The number of nitro benzene ring substituents is 1. The maximum absolute atomic E-state index is 11.9. The number of hydrogen-bond acceptors (Lipinski definition) is 6. The van der Waals surface area contributed by atoms with Gasteiger partial charge in [0.1, 0.15) is 6.04 Å². The number of hydrogen-bond donors (Lipinski definition) is 2. The van der Waals surface area contributed by atoms with E-state index < -0.39 is 11.0 Å². The van der Waals surface area contributed by atoms with E-state index in [0.717, 1.165) is 12.1 Å². The van der Waals surface area contributed by atoms with Crippen LogP contribution < -0.4 is 10.6 Å². The largest absolute Gasteiger partial charge is 0.385 e. The Bertz CT molecular complexity index is 605. The molecule has 128 valence electrons. The molecule has 2 N–H and O–H groups in total. The first-order chi connectivity index (χ1) is 11.6. The molecule has 0 aromatic heterocycles. The molecule has 1 aromatic carbocycles. The Morgan fingerprint density at radius 3 is 2.79 bits per heavy atom. The van der Waals surface area contributed by atoms with Crippen LogP contribution in [-0.4, -0.2) is 36.6 Å². The van der Waals surface area contributed by atoms with Crippen molar-refractivity contribution in [1.82, 2.24) is 5.32 Å². The molecule has 2 atom stereocenters. The molecule has 8 heteroatoms. The summed E-state index contributed by atoms with van der Waals surface area (Å²) in [6.45, 7) is 1.72. The second-order valence-corrected chi connectivity index (χ2v) is 5.63. The lowest BCUT2D eigenvalue weighted by atomic mass is 10.00. The summed E-state index contributed by atoms with van der Waals surface area (Å²) in [6, 6.07) is 7.74. The third-order valence-corrected chi connectivity index (χ3v) is 3.88. The molecule has 1 amide bonds. The van der Waals surface area contributed by atoms with Gasteiger partial charge in [-0.05, 0) is 25.0 Å². The van der Waals surface area contributed by atoms with Crippen LogP contribution in [0.5, 0.6) is 0 Å². The lowest BCUT2D eigenvalue weighted by Crippen LogP contribution is -2.39. The Balaban J connectivity index is 1.67. The SMILES string of the molecule is N#C[C@H](NC(=O)CCCNc1ccc([N+](=O)[O-])cc1)[C@H]1CCOC1. The highest BCUT2D eigenvalue weighted by atomic mass is 16.6. The Morgan fingerprint density at radius 1 is 1.46 bits per heavy atom. The van der Waals surface area contributed by atoms with E-state index >= 15 is 0 Å². The first kappa shape index (κ1) is 17.7. The van der Waals surface area contributed by atoms with Crippen molar-refractivity contribution in [3.8, 4) is 6.07 Å². The van der Waals surface area contributed by atoms with Crippen molar-refractivity contribution in [2.45, 2.75) is 25.3 Å². The third-order valence-electron chi connectivity index (χ3n) is 3.88. The van der Waals surface area contributed by atoms with Gasteiger partial charge in [-0.1, -0.05) is 0 Å². The number of nitro groups is 1. The second kappa shape index (κ2) is 8.84. The van der Waals surface area contributed by atoms with Crippen molar-refractivity contribution >= 4 is 17.3 Å². The van der Waals surface area contributed by atoms with Crippen LogP contribution in [-0.2, 0) is 9.53 Å². The highest BCUT2D eigenvalue weighted by Crippen LogP contribution is 2.17. The monoisotopic (exact) mass is 332 g/mol. The molecule has 2 rings (SSSR count). The van der Waals surface area contributed by atoms with Crippen molar-refractivity contribution in [1.29, 1.82) is 5.26 Å². The average Bonchev–Trinajstić information content (AvgIpc) is 3.11. The van der Waals surface area contributed by atoms with Gasteiger partial charge in [0.2, 0.25) is 5.91 Å². The van der Waals surface area contributed by atoms with Crippen molar-refractivity contribution in [2.75, 3.05) is 25.1 Å². The molecule has 0 saturated carbocycles. The average molecular weight is 332 g/mol. The molecule has 0 bridgehead atoms. The molecule has 8 nitrogen and oxygen atoms in total. The number of anilines is 1. The zero-order valence-electron chi connectivity index (χ0n) is 13.2. The normalized spacial score (nSPS) is 17.7. The molecule has 0 unspecified atom stereocenters. The van der Waals surface area contributed by atoms with Crippen LogP contribution in [0.25, 0.3) is 0 Å². The number of non-ortho nitro benzene ring substituents is 1. The van der Waals surface area contributed by atoms with E-state index in [1.54, 1.807) is 12.1 Å². The summed E-state index contributed by atoms with van der Waals surface area (Å²) < 4.78 is 5.24. The van der Waals surface area contributed by atoms with E-state index in [0.29, 0.717) is 32.6 Å². The first-order valence-corrected chi connectivity index (χ1v) is 7.85. The molecule has 0 aliphatic carbocycles. The Hall–Kier alpha value is -2.66. The number of nitrogens with one attached hydrogen (secondary N) is 2. The fraction of sp³-hybridized carbons (Fsp3) is 0.500. The fourth-order valence-electron chi connectivity index (χ4n) is 2.50. The maximum atomic E-state index is 11.9. The number of amides is 1. The summed E-state index contributed by atoms with van der Waals surface area (Å²) in [5.41, 5.74) is 0.803. The zero-order valence-corrected chi connectivity index (χ0v) is 13.2. The number of nitrogens with zero attached hydrogens (tertiary/aromatic N) is 2. The van der Waals surface area contributed by atoms with Gasteiger partial charge in [0.15, 0.2) is 0 Å². The van der Waals surface area contributed by atoms with Gasteiger partial charge in [-0.2, -0.15) is 5.26 Å². The molecule has 1 aliphatic rings. The summed E-state index contributed by atoms with van der Waals surface area (Å²) in [5.74, 6) is -0.0869. The molecular weight excluding hydrogens is 312 g/mol. The number of benzene rings is 1. The van der Waals surface area contributed by atoms with Gasteiger partial charge >= 0.3 is 0 Å². The molecule has 1 saturated heterocycles. The Morgan fingerprint density at radius 2 is 2.21 bits per heavy atom. The van der Waals surface area contributed by atoms with E-state index in [1.807, 2.05) is 0 Å². The minimum absolute atomic E-state index is 0.0402. The standard InChI is InChI=1S/C16H20N4O4/c17-10-15(12-7-9-24-11-12)19-16(21)2-1-8-18-13-3-5-14(6-4-13)20(22)23/h3-6,12,15,18H,1-2,7-9,11H2,(H,19,21)/t12-,15-/m0/s1. The van der Waals surface area contributed by atoms with Gasteiger partial charge in [-0.15, -0.1) is 0 Å². The Labute approximate surface area is 139 Å². The predicted molar refractivity (Wildman–Crippen MR) is 87.3 cm³/mol. The van der Waals surface area contributed by atoms with E-state index in [4.69, 9.17) is 10.00 Å². The second-order valence-electron chi connectivity index (χ2n) is 5.63. The summed E-state index contributed by atoms with van der Waals surface area (Å²) in [6.07, 6.45) is 1.70. The molecule has 1 heterocycles. The van der Waals surface area contributed by atoms with Gasteiger partial charge in [-0.25, -0.2) is 0 Å². The minimum Gasteiger partial charge on any atom is -0.385 e. The van der Waals surface area contributed by atoms with E-state index in [2.05, 4.69) is 16.7 Å². The van der Waals surface area contributed by atoms with Gasteiger partial charge < -0.3 is 15.4 Å². The summed E-state index contributed by atoms with van der Waals surface area (Å²) in [7, 11) is 0. The molecule has 1 aliphatic heterocycles. The van der Waals surface area contributed by atoms with Crippen LogP contribution in [0.2, 0.25) is 0 Å². The van der Waals surface area contributed by atoms with Crippen LogP contribution in [0, 0.1) is 27.4 Å². The smallest absolute Gasteiger partial charge is 0.269 e. The Kier molecular flexibility index (Phi) is 6.51. The lowest BCUT2D eigenvalue weighted by molar-refractivity contribution is -0.384. The topological polar surface area (TPSA) is 117 Å². The van der Waals surface area contributed by atoms with E-state index in [9.17, 15) is 14.9 Å².